The van der Waals surface area contributed by atoms with Crippen LogP contribution < -0.4 is 4.87 Å². The minimum Gasteiger partial charge on any atom is -0.459 e. The summed E-state index contributed by atoms with van der Waals surface area (Å²) in [6.45, 7) is -0.123. The van der Waals surface area contributed by atoms with Crippen LogP contribution in [0, 0.1) is 0 Å². The van der Waals surface area contributed by atoms with Crippen LogP contribution in [0.4, 0.5) is 0 Å². The third-order valence-electron chi connectivity index (χ3n) is 4.00. The molecule has 0 spiro atoms. The minimum atomic E-state index is -0.471. The SMILES string of the molecule is O=C(Cn1c(=O)sc2ccccc21)OC(CCl)CSc1nc2ccccc2s1. The van der Waals surface area contributed by atoms with Crippen molar-refractivity contribution >= 4 is 72.4 Å². The summed E-state index contributed by atoms with van der Waals surface area (Å²) in [6.07, 6.45) is -0.452. The van der Waals surface area contributed by atoms with Crippen molar-refractivity contribution in [3.05, 3.63) is 58.2 Å². The number of carbonyl (C=O) groups is 1. The second-order valence-electron chi connectivity index (χ2n) is 5.95. The van der Waals surface area contributed by atoms with Crippen LogP contribution in [0.1, 0.15) is 0 Å². The number of para-hydroxylation sites is 2. The Labute approximate surface area is 177 Å². The average molecular weight is 451 g/mol. The molecule has 0 aliphatic carbocycles. The maximum absolute atomic E-state index is 12.4. The fraction of sp³-hybridized carbons (Fsp3) is 0.211. The first-order valence-corrected chi connectivity index (χ1v) is 11.6. The number of alkyl halides is 1. The summed E-state index contributed by atoms with van der Waals surface area (Å²) in [5.41, 5.74) is 1.69. The fourth-order valence-electron chi connectivity index (χ4n) is 2.70. The van der Waals surface area contributed by atoms with Gasteiger partial charge in [0.25, 0.3) is 0 Å². The van der Waals surface area contributed by atoms with E-state index in [-0.39, 0.29) is 17.3 Å². The van der Waals surface area contributed by atoms with Gasteiger partial charge in [-0.3, -0.25) is 14.2 Å². The molecule has 0 amide bonds. The molecule has 5 nitrogen and oxygen atoms in total. The number of thiazole rings is 2. The van der Waals surface area contributed by atoms with E-state index in [4.69, 9.17) is 16.3 Å². The van der Waals surface area contributed by atoms with Crippen molar-refractivity contribution in [2.24, 2.45) is 0 Å². The number of halogens is 1. The number of ether oxygens (including phenoxy) is 1. The summed E-state index contributed by atoms with van der Waals surface area (Å²) in [5.74, 6) is 0.221. The molecule has 1 atom stereocenters. The highest BCUT2D eigenvalue weighted by Gasteiger charge is 2.18. The number of carbonyl (C=O) groups excluding carboxylic acids is 1. The summed E-state index contributed by atoms with van der Waals surface area (Å²) in [6, 6.07) is 15.3. The van der Waals surface area contributed by atoms with Gasteiger partial charge < -0.3 is 4.74 Å². The smallest absolute Gasteiger partial charge is 0.326 e. The van der Waals surface area contributed by atoms with E-state index in [0.717, 1.165) is 36.1 Å². The van der Waals surface area contributed by atoms with E-state index in [2.05, 4.69) is 4.98 Å². The van der Waals surface area contributed by atoms with E-state index in [0.29, 0.717) is 5.75 Å². The highest BCUT2D eigenvalue weighted by atomic mass is 35.5. The highest BCUT2D eigenvalue weighted by Crippen LogP contribution is 2.30. The second kappa shape index (κ2) is 8.65. The van der Waals surface area contributed by atoms with Crippen LogP contribution >= 0.6 is 46.0 Å². The van der Waals surface area contributed by atoms with E-state index in [1.165, 1.54) is 16.3 Å². The molecule has 0 radical (unpaired) electrons. The summed E-state index contributed by atoms with van der Waals surface area (Å²) in [4.78, 5) is 28.9. The summed E-state index contributed by atoms with van der Waals surface area (Å²) < 4.78 is 9.82. The lowest BCUT2D eigenvalue weighted by molar-refractivity contribution is -0.147. The van der Waals surface area contributed by atoms with Crippen LogP contribution in [0.15, 0.2) is 57.7 Å². The summed E-state index contributed by atoms with van der Waals surface area (Å²) in [7, 11) is 0. The van der Waals surface area contributed by atoms with Gasteiger partial charge in [-0.1, -0.05) is 47.4 Å². The van der Waals surface area contributed by atoms with E-state index < -0.39 is 12.1 Å². The quantitative estimate of drug-likeness (QED) is 0.233. The van der Waals surface area contributed by atoms with Gasteiger partial charge in [-0.2, -0.15) is 0 Å². The zero-order valence-electron chi connectivity index (χ0n) is 14.5. The summed E-state index contributed by atoms with van der Waals surface area (Å²) in [5, 5.41) is 0. The van der Waals surface area contributed by atoms with Crippen molar-refractivity contribution in [2.75, 3.05) is 11.6 Å². The zero-order valence-corrected chi connectivity index (χ0v) is 17.7. The minimum absolute atomic E-state index is 0.123. The number of nitrogens with zero attached hydrogens (tertiary/aromatic N) is 2. The number of fused-ring (bicyclic) bond motifs is 2. The first-order chi connectivity index (χ1) is 13.6. The van der Waals surface area contributed by atoms with Crippen LogP contribution in [0.25, 0.3) is 20.4 Å². The molecule has 2 aromatic heterocycles. The van der Waals surface area contributed by atoms with Gasteiger partial charge in [0.15, 0.2) is 4.34 Å². The Kier molecular flexibility index (Phi) is 6.01. The van der Waals surface area contributed by atoms with Crippen LogP contribution in [0.3, 0.4) is 0 Å². The zero-order chi connectivity index (χ0) is 19.5. The van der Waals surface area contributed by atoms with Crippen LogP contribution in [0.5, 0.6) is 0 Å². The van der Waals surface area contributed by atoms with Gasteiger partial charge in [-0.25, -0.2) is 4.98 Å². The number of thioether (sulfide) groups is 1. The normalized spacial score (nSPS) is 12.5. The van der Waals surface area contributed by atoms with Gasteiger partial charge in [0.05, 0.1) is 26.3 Å². The predicted molar refractivity (Wildman–Crippen MR) is 117 cm³/mol. The molecule has 1 unspecified atom stereocenters. The van der Waals surface area contributed by atoms with Crippen LogP contribution in [-0.2, 0) is 16.1 Å². The molecule has 2 heterocycles. The molecule has 0 bridgehead atoms. The Balaban J connectivity index is 1.39. The highest BCUT2D eigenvalue weighted by molar-refractivity contribution is 8.01. The number of hydrogen-bond acceptors (Lipinski definition) is 7. The van der Waals surface area contributed by atoms with Gasteiger partial charge in [-0.05, 0) is 24.3 Å². The number of benzene rings is 2. The summed E-state index contributed by atoms with van der Waals surface area (Å²) >= 11 is 10.2. The van der Waals surface area contributed by atoms with Gasteiger partial charge in [0.2, 0.25) is 0 Å². The van der Waals surface area contributed by atoms with Crippen LogP contribution in [-0.4, -0.2) is 33.3 Å². The van der Waals surface area contributed by atoms with Gasteiger partial charge >= 0.3 is 10.8 Å². The molecule has 4 aromatic rings. The van der Waals surface area contributed by atoms with Crippen molar-refractivity contribution in [3.63, 3.8) is 0 Å². The maximum Gasteiger partial charge on any atom is 0.326 e. The number of hydrogen-bond donors (Lipinski definition) is 0. The van der Waals surface area contributed by atoms with E-state index in [1.54, 1.807) is 11.3 Å². The Bertz CT molecular complexity index is 1150. The average Bonchev–Trinajstić information content (AvgIpc) is 3.25. The molecule has 0 fully saturated rings. The molecule has 0 saturated heterocycles. The fourth-order valence-corrected chi connectivity index (χ4v) is 5.98. The monoisotopic (exact) mass is 450 g/mol. The van der Waals surface area contributed by atoms with Crippen molar-refractivity contribution in [1.82, 2.24) is 9.55 Å². The van der Waals surface area contributed by atoms with E-state index in [9.17, 15) is 9.59 Å². The molecule has 2 aromatic carbocycles. The molecular weight excluding hydrogens is 436 g/mol. The maximum atomic E-state index is 12.4. The van der Waals surface area contributed by atoms with Gasteiger partial charge in [-0.15, -0.1) is 22.9 Å². The van der Waals surface area contributed by atoms with Crippen molar-refractivity contribution in [2.45, 2.75) is 17.0 Å². The largest absolute Gasteiger partial charge is 0.459 e. The first kappa shape index (κ1) is 19.4. The lowest BCUT2D eigenvalue weighted by Crippen LogP contribution is -2.27. The van der Waals surface area contributed by atoms with Crippen molar-refractivity contribution in [3.8, 4) is 0 Å². The third-order valence-corrected chi connectivity index (χ3v) is 7.61. The molecular formula is C19H15ClN2O3S3. The third kappa shape index (κ3) is 4.25. The number of aromatic nitrogens is 2. The molecule has 0 aliphatic rings. The van der Waals surface area contributed by atoms with Gasteiger partial charge in [0.1, 0.15) is 12.6 Å². The number of rotatable bonds is 7. The Morgan fingerprint density at radius 1 is 1.14 bits per heavy atom. The van der Waals surface area contributed by atoms with E-state index >= 15 is 0 Å². The molecule has 0 aliphatic heterocycles. The molecule has 28 heavy (non-hydrogen) atoms. The topological polar surface area (TPSA) is 61.2 Å². The Morgan fingerprint density at radius 3 is 2.68 bits per heavy atom. The Hall–Kier alpha value is -1.87. The standard InChI is InChI=1S/C19H15ClN2O3S3/c20-9-12(11-26-18-21-13-5-1-3-7-15(13)27-18)25-17(23)10-22-14-6-2-4-8-16(14)28-19(22)24/h1-8,12H,9-11H2. The Morgan fingerprint density at radius 2 is 1.89 bits per heavy atom. The lowest BCUT2D eigenvalue weighted by atomic mass is 10.3. The van der Waals surface area contributed by atoms with Crippen LogP contribution in [0.2, 0.25) is 0 Å². The molecule has 0 saturated carbocycles. The lowest BCUT2D eigenvalue weighted by Gasteiger charge is -2.14. The van der Waals surface area contributed by atoms with E-state index in [1.807, 2.05) is 48.5 Å². The van der Waals surface area contributed by atoms with Crippen molar-refractivity contribution < 1.29 is 9.53 Å². The first-order valence-electron chi connectivity index (χ1n) is 8.46. The second-order valence-corrected chi connectivity index (χ2v) is 9.55. The molecule has 4 rings (SSSR count). The molecule has 144 valence electrons. The molecule has 0 N–H and O–H groups in total. The number of esters is 1. The molecule has 9 heteroatoms. The van der Waals surface area contributed by atoms with Gasteiger partial charge in [0, 0.05) is 5.75 Å². The van der Waals surface area contributed by atoms with Crippen molar-refractivity contribution in [1.29, 1.82) is 0 Å². The predicted octanol–water partition coefficient (Wildman–Crippen LogP) is 4.62.